The second-order valence-electron chi connectivity index (χ2n) is 4.05. The van der Waals surface area contributed by atoms with Gasteiger partial charge in [0.2, 0.25) is 0 Å². The number of aliphatic hydroxyl groups is 1. The Morgan fingerprint density at radius 2 is 2.36 bits per heavy atom. The molecule has 0 aromatic carbocycles. The monoisotopic (exact) mass is 195 g/mol. The van der Waals surface area contributed by atoms with Crippen molar-refractivity contribution in [2.24, 2.45) is 5.92 Å². The van der Waals surface area contributed by atoms with E-state index in [1.165, 1.54) is 12.8 Å². The van der Waals surface area contributed by atoms with E-state index in [0.717, 1.165) is 11.5 Å². The Balaban J connectivity index is 1.67. The van der Waals surface area contributed by atoms with Gasteiger partial charge in [0.1, 0.15) is 11.5 Å². The molecule has 1 unspecified atom stereocenters. The fourth-order valence-electron chi connectivity index (χ4n) is 1.57. The second-order valence-corrected chi connectivity index (χ2v) is 4.05. The molecule has 0 bridgehead atoms. The SMILES string of the molecule is Cc1ccc(CNCC(O)C2CC2)o1. The first-order chi connectivity index (χ1) is 6.75. The van der Waals surface area contributed by atoms with Gasteiger partial charge < -0.3 is 14.8 Å². The Hall–Kier alpha value is -0.800. The van der Waals surface area contributed by atoms with E-state index in [4.69, 9.17) is 4.42 Å². The largest absolute Gasteiger partial charge is 0.465 e. The maximum atomic E-state index is 9.58. The number of aliphatic hydroxyl groups excluding tert-OH is 1. The number of aryl methyl sites for hydroxylation is 1. The van der Waals surface area contributed by atoms with Crippen molar-refractivity contribution in [3.8, 4) is 0 Å². The molecule has 0 spiro atoms. The summed E-state index contributed by atoms with van der Waals surface area (Å²) in [5.41, 5.74) is 0. The van der Waals surface area contributed by atoms with Crippen molar-refractivity contribution in [1.29, 1.82) is 0 Å². The van der Waals surface area contributed by atoms with Gasteiger partial charge in [-0.1, -0.05) is 0 Å². The molecule has 0 saturated heterocycles. The molecule has 0 radical (unpaired) electrons. The van der Waals surface area contributed by atoms with Crippen molar-refractivity contribution in [3.05, 3.63) is 23.7 Å². The molecule has 1 aromatic rings. The molecule has 1 heterocycles. The highest BCUT2D eigenvalue weighted by Gasteiger charge is 2.29. The summed E-state index contributed by atoms with van der Waals surface area (Å²) in [6.45, 7) is 3.31. The zero-order chi connectivity index (χ0) is 9.97. The van der Waals surface area contributed by atoms with Crippen LogP contribution in [0.25, 0.3) is 0 Å². The number of nitrogens with one attached hydrogen (secondary N) is 1. The van der Waals surface area contributed by atoms with Crippen LogP contribution in [0, 0.1) is 12.8 Å². The molecule has 0 amide bonds. The Bertz CT molecular complexity index is 291. The molecular weight excluding hydrogens is 178 g/mol. The molecule has 3 nitrogen and oxygen atoms in total. The molecule has 1 aliphatic rings. The van der Waals surface area contributed by atoms with Crippen LogP contribution in [0.15, 0.2) is 16.5 Å². The van der Waals surface area contributed by atoms with Gasteiger partial charge in [-0.3, -0.25) is 0 Å². The summed E-state index contributed by atoms with van der Waals surface area (Å²) < 4.78 is 5.40. The third-order valence-electron chi connectivity index (χ3n) is 2.61. The lowest BCUT2D eigenvalue weighted by atomic mass is 10.2. The number of hydrogen-bond acceptors (Lipinski definition) is 3. The average molecular weight is 195 g/mol. The molecule has 0 aliphatic heterocycles. The molecule has 1 aliphatic carbocycles. The molecule has 1 aromatic heterocycles. The van der Waals surface area contributed by atoms with E-state index < -0.39 is 0 Å². The molecule has 1 atom stereocenters. The number of hydrogen-bond donors (Lipinski definition) is 2. The quantitative estimate of drug-likeness (QED) is 0.747. The zero-order valence-corrected chi connectivity index (χ0v) is 8.49. The van der Waals surface area contributed by atoms with Gasteiger partial charge in [0.05, 0.1) is 12.6 Å². The van der Waals surface area contributed by atoms with Crippen LogP contribution < -0.4 is 5.32 Å². The molecular formula is C11H17NO2. The van der Waals surface area contributed by atoms with E-state index in [-0.39, 0.29) is 6.10 Å². The normalized spacial score (nSPS) is 18.4. The summed E-state index contributed by atoms with van der Waals surface area (Å²) in [5, 5.41) is 12.8. The first-order valence-electron chi connectivity index (χ1n) is 5.20. The van der Waals surface area contributed by atoms with Crippen LogP contribution in [0.4, 0.5) is 0 Å². The van der Waals surface area contributed by atoms with E-state index in [1.807, 2.05) is 19.1 Å². The minimum atomic E-state index is -0.175. The Labute approximate surface area is 84.1 Å². The Morgan fingerprint density at radius 3 is 2.93 bits per heavy atom. The molecule has 2 N–H and O–H groups in total. The standard InChI is InChI=1S/C11H17NO2/c1-8-2-5-10(14-8)6-12-7-11(13)9-3-4-9/h2,5,9,11-13H,3-4,6-7H2,1H3. The van der Waals surface area contributed by atoms with Crippen LogP contribution in [0.1, 0.15) is 24.4 Å². The molecule has 1 saturated carbocycles. The summed E-state index contributed by atoms with van der Waals surface area (Å²) in [4.78, 5) is 0. The predicted molar refractivity (Wildman–Crippen MR) is 53.9 cm³/mol. The number of furan rings is 1. The highest BCUT2D eigenvalue weighted by atomic mass is 16.3. The molecule has 14 heavy (non-hydrogen) atoms. The lowest BCUT2D eigenvalue weighted by molar-refractivity contribution is 0.147. The molecule has 3 heteroatoms. The summed E-state index contributed by atoms with van der Waals surface area (Å²) in [6, 6.07) is 3.92. The van der Waals surface area contributed by atoms with E-state index in [9.17, 15) is 5.11 Å². The van der Waals surface area contributed by atoms with E-state index in [2.05, 4.69) is 5.32 Å². The van der Waals surface area contributed by atoms with E-state index >= 15 is 0 Å². The molecule has 1 fully saturated rings. The third kappa shape index (κ3) is 2.59. The summed E-state index contributed by atoms with van der Waals surface area (Å²) in [7, 11) is 0. The molecule has 78 valence electrons. The number of rotatable bonds is 5. The first-order valence-corrected chi connectivity index (χ1v) is 5.20. The highest BCUT2D eigenvalue weighted by molar-refractivity contribution is 5.05. The maximum Gasteiger partial charge on any atom is 0.117 e. The van der Waals surface area contributed by atoms with E-state index in [1.54, 1.807) is 0 Å². The third-order valence-corrected chi connectivity index (χ3v) is 2.61. The Kier molecular flexibility index (Phi) is 2.89. The fourth-order valence-corrected chi connectivity index (χ4v) is 1.57. The fraction of sp³-hybridized carbons (Fsp3) is 0.636. The van der Waals surface area contributed by atoms with Gasteiger partial charge in [-0.2, -0.15) is 0 Å². The predicted octanol–water partition coefficient (Wildman–Crippen LogP) is 1.45. The van der Waals surface area contributed by atoms with Crippen molar-refractivity contribution in [3.63, 3.8) is 0 Å². The van der Waals surface area contributed by atoms with Crippen LogP contribution in [0.5, 0.6) is 0 Å². The summed E-state index contributed by atoms with van der Waals surface area (Å²) in [5.74, 6) is 2.41. The lowest BCUT2D eigenvalue weighted by Crippen LogP contribution is -2.27. The summed E-state index contributed by atoms with van der Waals surface area (Å²) in [6.07, 6.45) is 2.19. The average Bonchev–Trinajstić information content (AvgIpc) is 2.92. The van der Waals surface area contributed by atoms with Gasteiger partial charge in [-0.25, -0.2) is 0 Å². The van der Waals surface area contributed by atoms with Crippen molar-refractivity contribution >= 4 is 0 Å². The van der Waals surface area contributed by atoms with Crippen molar-refractivity contribution in [1.82, 2.24) is 5.32 Å². The van der Waals surface area contributed by atoms with Crippen molar-refractivity contribution in [2.75, 3.05) is 6.54 Å². The van der Waals surface area contributed by atoms with Gasteiger partial charge in [0.25, 0.3) is 0 Å². The highest BCUT2D eigenvalue weighted by Crippen LogP contribution is 2.32. The van der Waals surface area contributed by atoms with Gasteiger partial charge in [-0.15, -0.1) is 0 Å². The topological polar surface area (TPSA) is 45.4 Å². The first kappa shape index (κ1) is 9.74. The van der Waals surface area contributed by atoms with Crippen molar-refractivity contribution in [2.45, 2.75) is 32.4 Å². The van der Waals surface area contributed by atoms with Gasteiger partial charge in [-0.05, 0) is 37.8 Å². The molecule has 2 rings (SSSR count). The van der Waals surface area contributed by atoms with Crippen LogP contribution in [0.2, 0.25) is 0 Å². The van der Waals surface area contributed by atoms with Crippen LogP contribution in [0.3, 0.4) is 0 Å². The van der Waals surface area contributed by atoms with Crippen LogP contribution in [-0.4, -0.2) is 17.8 Å². The van der Waals surface area contributed by atoms with E-state index in [0.29, 0.717) is 19.0 Å². The smallest absolute Gasteiger partial charge is 0.117 e. The van der Waals surface area contributed by atoms with Gasteiger partial charge >= 0.3 is 0 Å². The minimum Gasteiger partial charge on any atom is -0.465 e. The van der Waals surface area contributed by atoms with Crippen LogP contribution in [-0.2, 0) is 6.54 Å². The minimum absolute atomic E-state index is 0.175. The van der Waals surface area contributed by atoms with Gasteiger partial charge in [0, 0.05) is 6.54 Å². The Morgan fingerprint density at radius 1 is 1.57 bits per heavy atom. The zero-order valence-electron chi connectivity index (χ0n) is 8.49. The van der Waals surface area contributed by atoms with Crippen LogP contribution >= 0.6 is 0 Å². The second kappa shape index (κ2) is 4.15. The summed E-state index contributed by atoms with van der Waals surface area (Å²) >= 11 is 0. The van der Waals surface area contributed by atoms with Crippen molar-refractivity contribution < 1.29 is 9.52 Å². The van der Waals surface area contributed by atoms with Gasteiger partial charge in [0.15, 0.2) is 0 Å². The lowest BCUT2D eigenvalue weighted by Gasteiger charge is -2.09. The maximum absolute atomic E-state index is 9.58.